The van der Waals surface area contributed by atoms with E-state index in [1.807, 2.05) is 24.3 Å². The lowest BCUT2D eigenvalue weighted by Crippen LogP contribution is -2.20. The van der Waals surface area contributed by atoms with Gasteiger partial charge >= 0.3 is 12.1 Å². The van der Waals surface area contributed by atoms with Crippen LogP contribution in [0.1, 0.15) is 16.9 Å². The fourth-order valence-electron chi connectivity index (χ4n) is 2.87. The summed E-state index contributed by atoms with van der Waals surface area (Å²) in [6.07, 6.45) is -3.66. The van der Waals surface area contributed by atoms with Crippen LogP contribution in [0.4, 0.5) is 18.9 Å². The minimum atomic E-state index is -4.79. The van der Waals surface area contributed by atoms with Crippen LogP contribution in [0.15, 0.2) is 66.7 Å². The van der Waals surface area contributed by atoms with Crippen molar-refractivity contribution in [1.29, 1.82) is 5.41 Å². The number of halogens is 4. The van der Waals surface area contributed by atoms with E-state index in [0.717, 1.165) is 22.1 Å². The third kappa shape index (κ3) is 6.21. The molecule has 3 aromatic rings. The molecule has 0 saturated carbocycles. The number of para-hydroxylation sites is 1. The van der Waals surface area contributed by atoms with E-state index in [1.165, 1.54) is 11.3 Å². The summed E-state index contributed by atoms with van der Waals surface area (Å²) in [5.41, 5.74) is 0.702. The Morgan fingerprint density at radius 3 is 2.56 bits per heavy atom. The highest BCUT2D eigenvalue weighted by Crippen LogP contribution is 2.35. The van der Waals surface area contributed by atoms with E-state index in [1.54, 1.807) is 36.4 Å². The molecule has 0 bridgehead atoms. The molecule has 1 heterocycles. The van der Waals surface area contributed by atoms with Crippen LogP contribution in [0, 0.1) is 5.41 Å². The Hall–Kier alpha value is -3.10. The van der Waals surface area contributed by atoms with E-state index in [2.05, 4.69) is 5.32 Å². The topological polar surface area (TPSA) is 73.2 Å². The van der Waals surface area contributed by atoms with Crippen molar-refractivity contribution in [3.63, 3.8) is 0 Å². The molecular weight excluding hydrogens is 461 g/mol. The Balaban J connectivity index is 1.94. The van der Waals surface area contributed by atoms with Gasteiger partial charge in [-0.2, -0.15) is 13.2 Å². The van der Waals surface area contributed by atoms with E-state index in [-0.39, 0.29) is 12.1 Å². The van der Waals surface area contributed by atoms with Crippen molar-refractivity contribution in [2.75, 3.05) is 5.32 Å². The fourth-order valence-corrected chi connectivity index (χ4v) is 4.03. The second-order valence-electron chi connectivity index (χ2n) is 6.83. The number of carbonyl (C=O) groups is 1. The maximum Gasteiger partial charge on any atom is 0.432 e. The maximum atomic E-state index is 13.0. The van der Waals surface area contributed by atoms with Crippen LogP contribution in [-0.2, 0) is 11.2 Å². The molecule has 0 aliphatic carbocycles. The van der Waals surface area contributed by atoms with Crippen LogP contribution in [0.2, 0.25) is 5.02 Å². The van der Waals surface area contributed by atoms with Gasteiger partial charge in [0.2, 0.25) is 0 Å². The third-order valence-electron chi connectivity index (χ3n) is 4.45. The van der Waals surface area contributed by atoms with Gasteiger partial charge in [-0.05, 0) is 47.9 Å². The minimum Gasteiger partial charge on any atom is -0.481 e. The number of thiophene rings is 1. The molecule has 0 radical (unpaired) electrons. The second kappa shape index (κ2) is 10.0. The summed E-state index contributed by atoms with van der Waals surface area (Å²) in [6.45, 7) is 0. The zero-order valence-corrected chi connectivity index (χ0v) is 18.1. The largest absolute Gasteiger partial charge is 0.481 e. The van der Waals surface area contributed by atoms with Gasteiger partial charge in [0, 0.05) is 11.3 Å². The smallest absolute Gasteiger partial charge is 0.432 e. The molecule has 0 fully saturated rings. The monoisotopic (exact) mass is 478 g/mol. The first-order valence-electron chi connectivity index (χ1n) is 9.44. The summed E-state index contributed by atoms with van der Waals surface area (Å²) < 4.78 is 39.1. The van der Waals surface area contributed by atoms with Gasteiger partial charge in [-0.25, -0.2) is 0 Å². The molecule has 4 nitrogen and oxygen atoms in total. The first kappa shape index (κ1) is 23.6. The summed E-state index contributed by atoms with van der Waals surface area (Å²) in [6, 6.07) is 17.4. The summed E-state index contributed by atoms with van der Waals surface area (Å²) >= 11 is 7.40. The molecule has 166 valence electrons. The average molecular weight is 479 g/mol. The molecule has 32 heavy (non-hydrogen) atoms. The minimum absolute atomic E-state index is 0.00728. The van der Waals surface area contributed by atoms with E-state index in [4.69, 9.17) is 22.1 Å². The van der Waals surface area contributed by atoms with E-state index in [0.29, 0.717) is 22.0 Å². The van der Waals surface area contributed by atoms with Crippen molar-refractivity contribution < 1.29 is 23.1 Å². The normalized spacial score (nSPS) is 11.9. The molecule has 0 atom stereocenters. The number of rotatable bonds is 8. The molecule has 2 aromatic carbocycles. The molecule has 0 aliphatic rings. The van der Waals surface area contributed by atoms with Gasteiger partial charge in [0.05, 0.1) is 21.3 Å². The predicted octanol–water partition coefficient (Wildman–Crippen LogP) is 7.12. The highest BCUT2D eigenvalue weighted by atomic mass is 35.5. The molecule has 0 aliphatic heterocycles. The Kier molecular flexibility index (Phi) is 7.37. The second-order valence-corrected chi connectivity index (χ2v) is 8.32. The number of carboxylic acid groups (broad SMARTS) is 1. The first-order chi connectivity index (χ1) is 15.1. The van der Waals surface area contributed by atoms with Crippen LogP contribution in [0.3, 0.4) is 0 Å². The molecule has 0 saturated heterocycles. The van der Waals surface area contributed by atoms with Gasteiger partial charge < -0.3 is 10.4 Å². The van der Waals surface area contributed by atoms with Crippen molar-refractivity contribution in [1.82, 2.24) is 0 Å². The lowest BCUT2D eigenvalue weighted by atomic mass is 10.1. The van der Waals surface area contributed by atoms with Crippen LogP contribution in [-0.4, -0.2) is 23.0 Å². The molecule has 0 amide bonds. The summed E-state index contributed by atoms with van der Waals surface area (Å²) in [5.74, 6) is -0.888. The molecular formula is C23H18ClF3N2O2S. The summed E-state index contributed by atoms with van der Waals surface area (Å²) in [5, 5.41) is 19.5. The number of carboxylic acids is 1. The number of aliphatic carboxylic acids is 1. The van der Waals surface area contributed by atoms with Crippen molar-refractivity contribution in [2.45, 2.75) is 19.0 Å². The lowest BCUT2D eigenvalue weighted by molar-refractivity contribution is -0.136. The Morgan fingerprint density at radius 1 is 1.12 bits per heavy atom. The van der Waals surface area contributed by atoms with Gasteiger partial charge in [-0.15, -0.1) is 11.3 Å². The molecule has 9 heteroatoms. The van der Waals surface area contributed by atoms with Crippen LogP contribution in [0.25, 0.3) is 16.1 Å². The SMILES string of the molecule is N=C(/C=C(\Nc1ccccc1Cl)c1ccc(-c2cccc(CCC(=O)O)c2)s1)C(F)(F)F. The molecule has 0 spiro atoms. The van der Waals surface area contributed by atoms with Crippen LogP contribution < -0.4 is 5.32 Å². The van der Waals surface area contributed by atoms with Crippen LogP contribution >= 0.6 is 22.9 Å². The van der Waals surface area contributed by atoms with E-state index < -0.39 is 17.9 Å². The number of alkyl halides is 3. The third-order valence-corrected chi connectivity index (χ3v) is 5.94. The standard InChI is InChI=1S/C23H18ClF3N2O2S/c24-16-6-1-2-7-17(16)29-18(13-21(28)23(25,26)27)20-10-9-19(32-20)15-5-3-4-14(12-15)8-11-22(30)31/h1-7,9-10,12-13,28-29H,8,11H2,(H,30,31)/b18-13-,28-21?. The van der Waals surface area contributed by atoms with Gasteiger partial charge in [0.25, 0.3) is 0 Å². The number of benzene rings is 2. The number of allylic oxidation sites excluding steroid dienone is 1. The van der Waals surface area contributed by atoms with Gasteiger partial charge in [0.1, 0.15) is 5.71 Å². The Bertz CT molecular complexity index is 1170. The summed E-state index contributed by atoms with van der Waals surface area (Å²) in [7, 11) is 0. The maximum absolute atomic E-state index is 13.0. The molecule has 0 unspecified atom stereocenters. The zero-order valence-electron chi connectivity index (χ0n) is 16.5. The van der Waals surface area contributed by atoms with Crippen molar-refractivity contribution >= 4 is 46.0 Å². The van der Waals surface area contributed by atoms with Gasteiger partial charge in [0.15, 0.2) is 0 Å². The Morgan fingerprint density at radius 2 is 1.88 bits per heavy atom. The molecule has 1 aromatic heterocycles. The van der Waals surface area contributed by atoms with Crippen molar-refractivity contribution in [3.05, 3.63) is 82.2 Å². The highest BCUT2D eigenvalue weighted by Gasteiger charge is 2.33. The summed E-state index contributed by atoms with van der Waals surface area (Å²) in [4.78, 5) is 12.1. The fraction of sp³-hybridized carbons (Fsp3) is 0.130. The van der Waals surface area contributed by atoms with E-state index >= 15 is 0 Å². The molecule has 3 rings (SSSR count). The van der Waals surface area contributed by atoms with Crippen molar-refractivity contribution in [3.8, 4) is 10.4 Å². The highest BCUT2D eigenvalue weighted by molar-refractivity contribution is 7.16. The first-order valence-corrected chi connectivity index (χ1v) is 10.6. The van der Waals surface area contributed by atoms with Crippen molar-refractivity contribution in [2.24, 2.45) is 0 Å². The number of aryl methyl sites for hydroxylation is 1. The van der Waals surface area contributed by atoms with E-state index in [9.17, 15) is 18.0 Å². The lowest BCUT2D eigenvalue weighted by Gasteiger charge is -2.13. The number of nitrogens with one attached hydrogen (secondary N) is 2. The van der Waals surface area contributed by atoms with Crippen LogP contribution in [0.5, 0.6) is 0 Å². The average Bonchev–Trinajstić information content (AvgIpc) is 3.23. The predicted molar refractivity (Wildman–Crippen MR) is 123 cm³/mol. The number of hydrogen-bond donors (Lipinski definition) is 3. The van der Waals surface area contributed by atoms with Gasteiger partial charge in [-0.3, -0.25) is 10.2 Å². The zero-order chi connectivity index (χ0) is 23.3. The Labute approximate surface area is 191 Å². The van der Waals surface area contributed by atoms with Gasteiger partial charge in [-0.1, -0.05) is 48.0 Å². The quantitative estimate of drug-likeness (QED) is 0.302. The number of anilines is 1. The number of hydrogen-bond acceptors (Lipinski definition) is 4. The molecule has 3 N–H and O–H groups in total.